The smallest absolute Gasteiger partial charge is 0.256 e. The third kappa shape index (κ3) is 3.41. The van der Waals surface area contributed by atoms with E-state index in [0.29, 0.717) is 17.9 Å². The molecular formula is C17H18BrN5O. The fourth-order valence-corrected chi connectivity index (χ4v) is 2.77. The Morgan fingerprint density at radius 1 is 1.25 bits per heavy atom. The van der Waals surface area contributed by atoms with Gasteiger partial charge in [-0.1, -0.05) is 12.1 Å². The Balaban J connectivity index is 1.78. The van der Waals surface area contributed by atoms with E-state index >= 15 is 0 Å². The Labute approximate surface area is 148 Å². The minimum atomic E-state index is -0.176. The molecule has 0 saturated heterocycles. The van der Waals surface area contributed by atoms with Crippen LogP contribution in [0, 0.1) is 13.8 Å². The van der Waals surface area contributed by atoms with Gasteiger partial charge in [0.15, 0.2) is 5.82 Å². The van der Waals surface area contributed by atoms with Gasteiger partial charge in [0, 0.05) is 24.9 Å². The van der Waals surface area contributed by atoms with Crippen molar-refractivity contribution >= 4 is 27.7 Å². The highest BCUT2D eigenvalue weighted by Gasteiger charge is 2.11. The molecule has 124 valence electrons. The van der Waals surface area contributed by atoms with Crippen LogP contribution in [0.1, 0.15) is 27.3 Å². The molecule has 1 amide bonds. The average molecular weight is 388 g/mol. The molecule has 1 aromatic carbocycles. The Morgan fingerprint density at radius 2 is 2.04 bits per heavy atom. The third-order valence-corrected chi connectivity index (χ3v) is 4.92. The molecule has 0 bridgehead atoms. The van der Waals surface area contributed by atoms with Crippen LogP contribution in [0.4, 0.5) is 5.82 Å². The number of carbonyl (C=O) groups excluding carboxylic acids is 1. The molecule has 0 unspecified atom stereocenters. The second-order valence-corrected chi connectivity index (χ2v) is 6.46. The SMILES string of the molecule is Cc1nn(Cc2cccc(C(=O)Nc3ccn(C)n3)c2)c(C)c1Br. The molecule has 7 heteroatoms. The lowest BCUT2D eigenvalue weighted by molar-refractivity contribution is 0.102. The first-order valence-corrected chi connectivity index (χ1v) is 8.33. The molecule has 3 rings (SSSR count). The molecule has 0 fully saturated rings. The number of hydrogen-bond acceptors (Lipinski definition) is 3. The van der Waals surface area contributed by atoms with Crippen molar-refractivity contribution in [3.05, 3.63) is 63.5 Å². The second kappa shape index (κ2) is 6.60. The highest BCUT2D eigenvalue weighted by atomic mass is 79.9. The molecule has 0 aliphatic heterocycles. The highest BCUT2D eigenvalue weighted by molar-refractivity contribution is 9.10. The van der Waals surface area contributed by atoms with Gasteiger partial charge in [0.25, 0.3) is 5.91 Å². The quantitative estimate of drug-likeness (QED) is 0.746. The van der Waals surface area contributed by atoms with Gasteiger partial charge in [0.05, 0.1) is 22.4 Å². The molecule has 0 aliphatic rings. The van der Waals surface area contributed by atoms with Gasteiger partial charge >= 0.3 is 0 Å². The number of nitrogens with zero attached hydrogens (tertiary/aromatic N) is 4. The van der Waals surface area contributed by atoms with Crippen molar-refractivity contribution in [2.45, 2.75) is 20.4 Å². The largest absolute Gasteiger partial charge is 0.305 e. The minimum Gasteiger partial charge on any atom is -0.305 e. The highest BCUT2D eigenvalue weighted by Crippen LogP contribution is 2.21. The van der Waals surface area contributed by atoms with E-state index in [1.165, 1.54) is 0 Å². The maximum absolute atomic E-state index is 12.4. The van der Waals surface area contributed by atoms with Crippen LogP contribution in [0.2, 0.25) is 0 Å². The number of benzene rings is 1. The number of aryl methyl sites for hydroxylation is 2. The first-order chi connectivity index (χ1) is 11.4. The molecular weight excluding hydrogens is 370 g/mol. The Morgan fingerprint density at radius 3 is 2.67 bits per heavy atom. The number of aromatic nitrogens is 4. The van der Waals surface area contributed by atoms with Crippen molar-refractivity contribution in [2.75, 3.05) is 5.32 Å². The number of anilines is 1. The Bertz CT molecular complexity index is 896. The molecule has 0 atom stereocenters. The number of hydrogen-bond donors (Lipinski definition) is 1. The second-order valence-electron chi connectivity index (χ2n) is 5.67. The number of carbonyl (C=O) groups is 1. The fraction of sp³-hybridized carbons (Fsp3) is 0.235. The van der Waals surface area contributed by atoms with E-state index in [1.54, 1.807) is 23.0 Å². The average Bonchev–Trinajstić information content (AvgIpc) is 3.07. The van der Waals surface area contributed by atoms with Crippen LogP contribution in [0.5, 0.6) is 0 Å². The predicted octanol–water partition coefficient (Wildman–Crippen LogP) is 3.30. The zero-order valence-electron chi connectivity index (χ0n) is 13.7. The standard InChI is InChI=1S/C17H18BrN5O/c1-11-16(18)12(2)23(20-11)10-13-5-4-6-14(9-13)17(24)19-15-7-8-22(3)21-15/h4-9H,10H2,1-3H3,(H,19,21,24). The van der Waals surface area contributed by atoms with Gasteiger partial charge in [-0.05, 0) is 47.5 Å². The summed E-state index contributed by atoms with van der Waals surface area (Å²) in [4.78, 5) is 12.4. The molecule has 3 aromatic rings. The zero-order chi connectivity index (χ0) is 17.3. The van der Waals surface area contributed by atoms with E-state index in [-0.39, 0.29) is 5.91 Å². The monoisotopic (exact) mass is 387 g/mol. The number of nitrogens with one attached hydrogen (secondary N) is 1. The van der Waals surface area contributed by atoms with Crippen LogP contribution in [-0.4, -0.2) is 25.5 Å². The normalized spacial score (nSPS) is 10.8. The van der Waals surface area contributed by atoms with Gasteiger partial charge in [-0.2, -0.15) is 10.2 Å². The van der Waals surface area contributed by atoms with Gasteiger partial charge in [-0.25, -0.2) is 0 Å². The summed E-state index contributed by atoms with van der Waals surface area (Å²) < 4.78 is 4.59. The van der Waals surface area contributed by atoms with Gasteiger partial charge < -0.3 is 5.32 Å². The van der Waals surface area contributed by atoms with Crippen LogP contribution >= 0.6 is 15.9 Å². The van der Waals surface area contributed by atoms with Crippen molar-refractivity contribution in [3.63, 3.8) is 0 Å². The van der Waals surface area contributed by atoms with E-state index in [4.69, 9.17) is 0 Å². The Kier molecular flexibility index (Phi) is 4.53. The van der Waals surface area contributed by atoms with Crippen molar-refractivity contribution < 1.29 is 4.79 Å². The van der Waals surface area contributed by atoms with Crippen molar-refractivity contribution in [1.82, 2.24) is 19.6 Å². The van der Waals surface area contributed by atoms with Crippen LogP contribution < -0.4 is 5.32 Å². The summed E-state index contributed by atoms with van der Waals surface area (Å²) in [6, 6.07) is 9.29. The lowest BCUT2D eigenvalue weighted by Crippen LogP contribution is -2.13. The molecule has 6 nitrogen and oxygen atoms in total. The van der Waals surface area contributed by atoms with Gasteiger partial charge in [-0.3, -0.25) is 14.2 Å². The molecule has 0 saturated carbocycles. The summed E-state index contributed by atoms with van der Waals surface area (Å²) in [6.45, 7) is 4.59. The van der Waals surface area contributed by atoms with Crippen LogP contribution in [0.3, 0.4) is 0 Å². The lowest BCUT2D eigenvalue weighted by atomic mass is 10.1. The summed E-state index contributed by atoms with van der Waals surface area (Å²) in [5, 5.41) is 11.5. The minimum absolute atomic E-state index is 0.176. The number of halogens is 1. The number of amides is 1. The fourth-order valence-electron chi connectivity index (χ4n) is 2.48. The molecule has 0 aliphatic carbocycles. The lowest BCUT2D eigenvalue weighted by Gasteiger charge is -2.07. The molecule has 2 aromatic heterocycles. The summed E-state index contributed by atoms with van der Waals surface area (Å²) in [5.41, 5.74) is 3.63. The topological polar surface area (TPSA) is 64.7 Å². The van der Waals surface area contributed by atoms with Crippen molar-refractivity contribution in [2.24, 2.45) is 7.05 Å². The van der Waals surface area contributed by atoms with E-state index in [0.717, 1.165) is 21.4 Å². The molecule has 24 heavy (non-hydrogen) atoms. The van der Waals surface area contributed by atoms with Gasteiger partial charge in [-0.15, -0.1) is 0 Å². The van der Waals surface area contributed by atoms with E-state index in [9.17, 15) is 4.79 Å². The van der Waals surface area contributed by atoms with Crippen LogP contribution in [0.25, 0.3) is 0 Å². The zero-order valence-corrected chi connectivity index (χ0v) is 15.3. The summed E-state index contributed by atoms with van der Waals surface area (Å²) in [7, 11) is 1.81. The first-order valence-electron chi connectivity index (χ1n) is 7.53. The van der Waals surface area contributed by atoms with Crippen molar-refractivity contribution in [3.8, 4) is 0 Å². The van der Waals surface area contributed by atoms with Crippen molar-refractivity contribution in [1.29, 1.82) is 0 Å². The third-order valence-electron chi connectivity index (χ3n) is 3.77. The maximum atomic E-state index is 12.4. The number of rotatable bonds is 4. The first kappa shape index (κ1) is 16.4. The maximum Gasteiger partial charge on any atom is 0.256 e. The summed E-state index contributed by atoms with van der Waals surface area (Å²) in [5.74, 6) is 0.362. The van der Waals surface area contributed by atoms with E-state index < -0.39 is 0 Å². The van der Waals surface area contributed by atoms with E-state index in [2.05, 4.69) is 31.4 Å². The Hall–Kier alpha value is -2.41. The van der Waals surface area contributed by atoms with Gasteiger partial charge in [0.1, 0.15) is 0 Å². The molecule has 2 heterocycles. The molecule has 0 radical (unpaired) electrons. The molecule has 1 N–H and O–H groups in total. The predicted molar refractivity (Wildman–Crippen MR) is 96.1 cm³/mol. The van der Waals surface area contributed by atoms with E-state index in [1.807, 2.05) is 43.8 Å². The molecule has 0 spiro atoms. The van der Waals surface area contributed by atoms with Crippen LogP contribution in [0.15, 0.2) is 41.0 Å². The summed E-state index contributed by atoms with van der Waals surface area (Å²) in [6.07, 6.45) is 1.78. The van der Waals surface area contributed by atoms with Gasteiger partial charge in [0.2, 0.25) is 0 Å². The van der Waals surface area contributed by atoms with Crippen LogP contribution in [-0.2, 0) is 13.6 Å². The summed E-state index contributed by atoms with van der Waals surface area (Å²) >= 11 is 3.53.